The molecule has 0 heterocycles. The summed E-state index contributed by atoms with van der Waals surface area (Å²) in [5.74, 6) is 1.06. The number of rotatable bonds is 4. The second-order valence-corrected chi connectivity index (χ2v) is 4.63. The van der Waals surface area contributed by atoms with Crippen molar-refractivity contribution in [2.24, 2.45) is 11.8 Å². The first kappa shape index (κ1) is 11.0. The Balaban J connectivity index is 2.40. The minimum Gasteiger partial charge on any atom is -0.390 e. The summed E-state index contributed by atoms with van der Waals surface area (Å²) in [5.41, 5.74) is -0.405. The number of hydrogen-bond acceptors (Lipinski definition) is 2. The molecule has 2 nitrogen and oxygen atoms in total. The largest absolute Gasteiger partial charge is 0.390 e. The highest BCUT2D eigenvalue weighted by Gasteiger charge is 2.39. The summed E-state index contributed by atoms with van der Waals surface area (Å²) in [6.45, 7) is 5.12. The van der Waals surface area contributed by atoms with E-state index < -0.39 is 5.60 Å². The fourth-order valence-electron chi connectivity index (χ4n) is 2.31. The van der Waals surface area contributed by atoms with Gasteiger partial charge in [0.1, 0.15) is 0 Å². The third kappa shape index (κ3) is 2.68. The summed E-state index contributed by atoms with van der Waals surface area (Å²) >= 11 is 0. The van der Waals surface area contributed by atoms with Gasteiger partial charge in [0.2, 0.25) is 0 Å². The molecule has 3 unspecified atom stereocenters. The molecule has 2 heteroatoms. The fourth-order valence-corrected chi connectivity index (χ4v) is 2.31. The summed E-state index contributed by atoms with van der Waals surface area (Å²) in [7, 11) is 1.72. The van der Waals surface area contributed by atoms with E-state index in [0.29, 0.717) is 11.8 Å². The van der Waals surface area contributed by atoms with Gasteiger partial charge in [-0.2, -0.15) is 0 Å². The molecule has 1 aliphatic carbocycles. The van der Waals surface area contributed by atoms with Gasteiger partial charge in [-0.15, -0.1) is 0 Å². The smallest absolute Gasteiger partial charge is 0.0676 e. The fraction of sp³-hybridized carbons (Fsp3) is 1.00. The highest BCUT2D eigenvalue weighted by atomic mass is 16.5. The molecule has 78 valence electrons. The number of methoxy groups -OCH3 is 1. The zero-order valence-electron chi connectivity index (χ0n) is 9.05. The van der Waals surface area contributed by atoms with Gasteiger partial charge >= 0.3 is 0 Å². The quantitative estimate of drug-likeness (QED) is 0.729. The van der Waals surface area contributed by atoms with E-state index in [9.17, 15) is 5.11 Å². The monoisotopic (exact) mass is 186 g/mol. The van der Waals surface area contributed by atoms with Gasteiger partial charge in [-0.3, -0.25) is 0 Å². The molecular formula is C11H22O2. The van der Waals surface area contributed by atoms with Crippen molar-refractivity contribution in [2.45, 2.75) is 45.1 Å². The van der Waals surface area contributed by atoms with Crippen LogP contribution in [-0.4, -0.2) is 24.4 Å². The van der Waals surface area contributed by atoms with Crippen molar-refractivity contribution in [3.05, 3.63) is 0 Å². The molecule has 3 atom stereocenters. The van der Waals surface area contributed by atoms with Crippen LogP contribution in [0.3, 0.4) is 0 Å². The summed E-state index contributed by atoms with van der Waals surface area (Å²) in [5, 5.41) is 10.3. The van der Waals surface area contributed by atoms with Gasteiger partial charge in [0.25, 0.3) is 0 Å². The minimum atomic E-state index is -0.405. The molecule has 0 aliphatic heterocycles. The molecule has 13 heavy (non-hydrogen) atoms. The van der Waals surface area contributed by atoms with Gasteiger partial charge in [-0.1, -0.05) is 13.8 Å². The second-order valence-electron chi connectivity index (χ2n) is 4.63. The Labute approximate surface area is 81.3 Å². The van der Waals surface area contributed by atoms with Crippen LogP contribution in [0.25, 0.3) is 0 Å². The number of ether oxygens (including phenoxy) is 1. The van der Waals surface area contributed by atoms with E-state index in [1.165, 1.54) is 6.42 Å². The lowest BCUT2D eigenvalue weighted by Crippen LogP contribution is -2.34. The average molecular weight is 186 g/mol. The van der Waals surface area contributed by atoms with Gasteiger partial charge in [0.05, 0.1) is 5.60 Å². The molecule has 1 N–H and O–H groups in total. The minimum absolute atomic E-state index is 0.373. The van der Waals surface area contributed by atoms with Crippen LogP contribution in [0.5, 0.6) is 0 Å². The Morgan fingerprint density at radius 1 is 1.62 bits per heavy atom. The molecule has 0 aromatic carbocycles. The SMILES string of the molecule is COCCC(C)C1(O)CCC(C)C1. The van der Waals surface area contributed by atoms with E-state index in [4.69, 9.17) is 4.74 Å². The maximum absolute atomic E-state index is 10.3. The predicted octanol–water partition coefficient (Wildman–Crippen LogP) is 2.21. The van der Waals surface area contributed by atoms with Gasteiger partial charge in [0.15, 0.2) is 0 Å². The van der Waals surface area contributed by atoms with Crippen molar-refractivity contribution < 1.29 is 9.84 Å². The molecule has 0 spiro atoms. The Morgan fingerprint density at radius 3 is 2.77 bits per heavy atom. The molecular weight excluding hydrogens is 164 g/mol. The van der Waals surface area contributed by atoms with Crippen LogP contribution in [0.4, 0.5) is 0 Å². The molecule has 1 saturated carbocycles. The van der Waals surface area contributed by atoms with E-state index in [2.05, 4.69) is 13.8 Å². The molecule has 0 aromatic rings. The summed E-state index contributed by atoms with van der Waals surface area (Å²) in [6.07, 6.45) is 4.09. The lowest BCUT2D eigenvalue weighted by atomic mass is 9.84. The summed E-state index contributed by atoms with van der Waals surface area (Å²) < 4.78 is 5.03. The highest BCUT2D eigenvalue weighted by molar-refractivity contribution is 4.91. The zero-order chi connectivity index (χ0) is 9.90. The average Bonchev–Trinajstić information content (AvgIpc) is 2.43. The maximum Gasteiger partial charge on any atom is 0.0676 e. The molecule has 0 radical (unpaired) electrons. The van der Waals surface area contributed by atoms with Gasteiger partial charge in [0, 0.05) is 13.7 Å². The van der Waals surface area contributed by atoms with Crippen LogP contribution in [0.2, 0.25) is 0 Å². The van der Waals surface area contributed by atoms with E-state index >= 15 is 0 Å². The molecule has 1 rings (SSSR count). The Morgan fingerprint density at radius 2 is 2.31 bits per heavy atom. The summed E-state index contributed by atoms with van der Waals surface area (Å²) in [4.78, 5) is 0. The van der Waals surface area contributed by atoms with Crippen molar-refractivity contribution in [2.75, 3.05) is 13.7 Å². The normalized spacial score (nSPS) is 36.5. The highest BCUT2D eigenvalue weighted by Crippen LogP contribution is 2.40. The van der Waals surface area contributed by atoms with Crippen molar-refractivity contribution in [1.29, 1.82) is 0 Å². The van der Waals surface area contributed by atoms with Crippen LogP contribution >= 0.6 is 0 Å². The number of aliphatic hydroxyl groups is 1. The van der Waals surface area contributed by atoms with Crippen LogP contribution < -0.4 is 0 Å². The van der Waals surface area contributed by atoms with Crippen LogP contribution in [0.1, 0.15) is 39.5 Å². The maximum atomic E-state index is 10.3. The lowest BCUT2D eigenvalue weighted by molar-refractivity contribution is -0.0191. The van der Waals surface area contributed by atoms with Gasteiger partial charge in [-0.25, -0.2) is 0 Å². The third-order valence-corrected chi connectivity index (χ3v) is 3.44. The Kier molecular flexibility index (Phi) is 3.74. The van der Waals surface area contributed by atoms with Crippen LogP contribution in [0.15, 0.2) is 0 Å². The molecule has 0 amide bonds. The van der Waals surface area contributed by atoms with Crippen LogP contribution in [-0.2, 0) is 4.74 Å². The topological polar surface area (TPSA) is 29.5 Å². The van der Waals surface area contributed by atoms with Crippen molar-refractivity contribution in [3.8, 4) is 0 Å². The van der Waals surface area contributed by atoms with E-state index in [1.54, 1.807) is 7.11 Å². The molecule has 1 aliphatic rings. The second kappa shape index (κ2) is 4.43. The van der Waals surface area contributed by atoms with E-state index in [1.807, 2.05) is 0 Å². The molecule has 1 fully saturated rings. The van der Waals surface area contributed by atoms with Gasteiger partial charge in [-0.05, 0) is 37.5 Å². The Bertz CT molecular complexity index is 158. The first-order valence-corrected chi connectivity index (χ1v) is 5.30. The van der Waals surface area contributed by atoms with Crippen LogP contribution in [0, 0.1) is 11.8 Å². The predicted molar refractivity (Wildman–Crippen MR) is 53.6 cm³/mol. The first-order chi connectivity index (χ1) is 6.08. The van der Waals surface area contributed by atoms with Crippen molar-refractivity contribution >= 4 is 0 Å². The van der Waals surface area contributed by atoms with E-state index in [-0.39, 0.29) is 0 Å². The zero-order valence-corrected chi connectivity index (χ0v) is 9.05. The summed E-state index contributed by atoms with van der Waals surface area (Å²) in [6, 6.07) is 0. The van der Waals surface area contributed by atoms with Crippen molar-refractivity contribution in [1.82, 2.24) is 0 Å². The molecule has 0 saturated heterocycles. The third-order valence-electron chi connectivity index (χ3n) is 3.44. The number of hydrogen-bond donors (Lipinski definition) is 1. The first-order valence-electron chi connectivity index (χ1n) is 5.30. The Hall–Kier alpha value is -0.0800. The standard InChI is InChI=1S/C11H22O2/c1-9-4-6-11(12,8-9)10(2)5-7-13-3/h9-10,12H,4-8H2,1-3H3. The molecule has 0 aromatic heterocycles. The van der Waals surface area contributed by atoms with Gasteiger partial charge < -0.3 is 9.84 Å². The lowest BCUT2D eigenvalue weighted by Gasteiger charge is -2.30. The van der Waals surface area contributed by atoms with Crippen molar-refractivity contribution in [3.63, 3.8) is 0 Å². The van der Waals surface area contributed by atoms with E-state index in [0.717, 1.165) is 25.9 Å². The molecule has 0 bridgehead atoms.